The highest BCUT2D eigenvalue weighted by molar-refractivity contribution is 5.18. The van der Waals surface area contributed by atoms with Crippen LogP contribution in [0.25, 0.3) is 0 Å². The Balaban J connectivity index is 2.14. The van der Waals surface area contributed by atoms with E-state index in [1.54, 1.807) is 6.07 Å². The maximum atomic E-state index is 13.8. The summed E-state index contributed by atoms with van der Waals surface area (Å²) in [5.74, 6) is -0.457. The third-order valence-corrected chi connectivity index (χ3v) is 4.19. The molecule has 0 spiro atoms. The number of nitrogens with zero attached hydrogens (tertiary/aromatic N) is 1. The minimum absolute atomic E-state index is 0.391. The largest absolute Gasteiger partial charge is 0.311 e. The van der Waals surface area contributed by atoms with Crippen molar-refractivity contribution in [3.8, 4) is 0 Å². The second-order valence-corrected chi connectivity index (χ2v) is 5.99. The van der Waals surface area contributed by atoms with E-state index in [2.05, 4.69) is 31.0 Å². The van der Waals surface area contributed by atoms with Crippen molar-refractivity contribution in [2.75, 3.05) is 13.1 Å². The maximum absolute atomic E-state index is 13.8. The minimum Gasteiger partial charge on any atom is -0.311 e. The van der Waals surface area contributed by atoms with Crippen LogP contribution in [0.1, 0.15) is 32.8 Å². The average Bonchev–Trinajstić information content (AvgIpc) is 2.41. The number of piperazine rings is 1. The zero-order valence-corrected chi connectivity index (χ0v) is 12.5. The molecule has 112 valence electrons. The van der Waals surface area contributed by atoms with Gasteiger partial charge in [0.25, 0.3) is 0 Å². The number of halogens is 2. The Bertz CT molecular complexity index is 448. The first-order valence-electron chi connectivity index (χ1n) is 7.42. The van der Waals surface area contributed by atoms with Gasteiger partial charge in [-0.2, -0.15) is 0 Å². The molecular weight excluding hydrogens is 258 g/mol. The first kappa shape index (κ1) is 15.4. The van der Waals surface area contributed by atoms with Gasteiger partial charge in [0.2, 0.25) is 0 Å². The Morgan fingerprint density at radius 2 is 2.10 bits per heavy atom. The third-order valence-electron chi connectivity index (χ3n) is 4.19. The molecule has 1 aliphatic rings. The van der Waals surface area contributed by atoms with Crippen LogP contribution in [0.2, 0.25) is 0 Å². The highest BCUT2D eigenvalue weighted by atomic mass is 19.1. The van der Waals surface area contributed by atoms with Gasteiger partial charge in [0, 0.05) is 43.3 Å². The van der Waals surface area contributed by atoms with Crippen LogP contribution in [0.4, 0.5) is 8.78 Å². The zero-order chi connectivity index (χ0) is 14.7. The Labute approximate surface area is 120 Å². The van der Waals surface area contributed by atoms with E-state index in [0.29, 0.717) is 30.1 Å². The summed E-state index contributed by atoms with van der Waals surface area (Å²) in [4.78, 5) is 2.33. The maximum Gasteiger partial charge on any atom is 0.130 e. The van der Waals surface area contributed by atoms with E-state index in [1.807, 2.05) is 0 Å². The van der Waals surface area contributed by atoms with Crippen molar-refractivity contribution in [2.24, 2.45) is 5.92 Å². The fourth-order valence-electron chi connectivity index (χ4n) is 2.88. The monoisotopic (exact) mass is 282 g/mol. The molecule has 2 unspecified atom stereocenters. The lowest BCUT2D eigenvalue weighted by Crippen LogP contribution is -2.57. The van der Waals surface area contributed by atoms with Gasteiger partial charge in [-0.25, -0.2) is 8.78 Å². The van der Waals surface area contributed by atoms with Crippen molar-refractivity contribution in [2.45, 2.75) is 45.8 Å². The van der Waals surface area contributed by atoms with E-state index in [0.717, 1.165) is 25.6 Å². The van der Waals surface area contributed by atoms with Crippen molar-refractivity contribution >= 4 is 0 Å². The Morgan fingerprint density at radius 1 is 1.35 bits per heavy atom. The van der Waals surface area contributed by atoms with Gasteiger partial charge in [-0.05, 0) is 18.4 Å². The van der Waals surface area contributed by atoms with Crippen LogP contribution >= 0.6 is 0 Å². The molecule has 1 N–H and O–H groups in total. The summed E-state index contributed by atoms with van der Waals surface area (Å²) >= 11 is 0. The van der Waals surface area contributed by atoms with E-state index in [1.165, 1.54) is 6.07 Å². The first-order valence-corrected chi connectivity index (χ1v) is 7.42. The lowest BCUT2D eigenvalue weighted by atomic mass is 9.97. The molecule has 2 nitrogen and oxygen atoms in total. The third kappa shape index (κ3) is 3.55. The predicted molar refractivity (Wildman–Crippen MR) is 77.5 cm³/mol. The van der Waals surface area contributed by atoms with Crippen molar-refractivity contribution in [3.05, 3.63) is 35.4 Å². The molecule has 1 aromatic rings. The lowest BCUT2D eigenvalue weighted by Gasteiger charge is -2.42. The van der Waals surface area contributed by atoms with E-state index in [-0.39, 0.29) is 0 Å². The van der Waals surface area contributed by atoms with Crippen molar-refractivity contribution in [1.29, 1.82) is 0 Å². The van der Waals surface area contributed by atoms with Crippen molar-refractivity contribution < 1.29 is 8.78 Å². The number of benzene rings is 1. The summed E-state index contributed by atoms with van der Waals surface area (Å²) < 4.78 is 26.8. The van der Waals surface area contributed by atoms with Gasteiger partial charge in [-0.3, -0.25) is 4.90 Å². The number of hydrogen-bond donors (Lipinski definition) is 1. The molecule has 1 fully saturated rings. The molecule has 0 aromatic heterocycles. The molecule has 0 bridgehead atoms. The minimum atomic E-state index is -0.515. The predicted octanol–water partition coefficient (Wildman–Crippen LogP) is 3.17. The second kappa shape index (κ2) is 6.64. The van der Waals surface area contributed by atoms with Crippen molar-refractivity contribution in [3.63, 3.8) is 0 Å². The summed E-state index contributed by atoms with van der Waals surface area (Å²) in [6.07, 6.45) is 1.06. The van der Waals surface area contributed by atoms with Crippen LogP contribution in [0.15, 0.2) is 18.2 Å². The van der Waals surface area contributed by atoms with Crippen LogP contribution in [0, 0.1) is 17.6 Å². The smallest absolute Gasteiger partial charge is 0.130 e. The molecule has 2 atom stereocenters. The van der Waals surface area contributed by atoms with E-state index >= 15 is 0 Å². The fraction of sp³-hybridized carbons (Fsp3) is 0.625. The molecular formula is C16H24F2N2. The summed E-state index contributed by atoms with van der Waals surface area (Å²) in [6.45, 7) is 8.92. The fourth-order valence-corrected chi connectivity index (χ4v) is 2.88. The van der Waals surface area contributed by atoms with Gasteiger partial charge < -0.3 is 5.32 Å². The normalized spacial score (nSPS) is 24.3. The van der Waals surface area contributed by atoms with Gasteiger partial charge in [0.1, 0.15) is 11.6 Å². The van der Waals surface area contributed by atoms with Crippen LogP contribution in [0.5, 0.6) is 0 Å². The molecule has 1 aromatic carbocycles. The number of nitrogens with one attached hydrogen (secondary N) is 1. The summed E-state index contributed by atoms with van der Waals surface area (Å²) in [7, 11) is 0. The highest BCUT2D eigenvalue weighted by Crippen LogP contribution is 2.20. The van der Waals surface area contributed by atoms with Gasteiger partial charge in [-0.1, -0.05) is 26.8 Å². The van der Waals surface area contributed by atoms with Crippen LogP contribution in [-0.2, 0) is 6.54 Å². The Morgan fingerprint density at radius 3 is 2.70 bits per heavy atom. The molecule has 0 aliphatic carbocycles. The molecule has 0 saturated carbocycles. The van der Waals surface area contributed by atoms with Crippen LogP contribution in [0.3, 0.4) is 0 Å². The van der Waals surface area contributed by atoms with E-state index < -0.39 is 11.6 Å². The number of rotatable bonds is 4. The molecule has 0 amide bonds. The van der Waals surface area contributed by atoms with Gasteiger partial charge in [-0.15, -0.1) is 0 Å². The second-order valence-electron chi connectivity index (χ2n) is 5.99. The Kier molecular flexibility index (Phi) is 5.11. The molecule has 2 rings (SSSR count). The summed E-state index contributed by atoms with van der Waals surface area (Å²) in [6, 6.07) is 4.71. The molecule has 1 saturated heterocycles. The molecule has 4 heteroatoms. The van der Waals surface area contributed by atoms with Crippen molar-refractivity contribution in [1.82, 2.24) is 10.2 Å². The van der Waals surface area contributed by atoms with Gasteiger partial charge in [0.15, 0.2) is 0 Å². The van der Waals surface area contributed by atoms with E-state index in [9.17, 15) is 8.78 Å². The zero-order valence-electron chi connectivity index (χ0n) is 12.5. The Hall–Kier alpha value is -1.00. The van der Waals surface area contributed by atoms with Gasteiger partial charge >= 0.3 is 0 Å². The summed E-state index contributed by atoms with van der Waals surface area (Å²) in [5, 5.41) is 3.54. The van der Waals surface area contributed by atoms with Crippen LogP contribution in [-0.4, -0.2) is 30.1 Å². The molecule has 1 aliphatic heterocycles. The van der Waals surface area contributed by atoms with E-state index in [4.69, 9.17) is 0 Å². The molecule has 0 radical (unpaired) electrons. The van der Waals surface area contributed by atoms with Gasteiger partial charge in [0.05, 0.1) is 0 Å². The summed E-state index contributed by atoms with van der Waals surface area (Å²) in [5.41, 5.74) is 0.578. The topological polar surface area (TPSA) is 15.3 Å². The standard InChI is InChI=1S/C16H24F2N2/c1-4-14-10-20(16(8-19-14)11(2)3)9-12-5-6-13(17)7-15(12)18/h5-7,11,14,16,19H,4,8-10H2,1-3H3. The SMILES string of the molecule is CCC1CN(Cc2ccc(F)cc2F)C(C(C)C)CN1. The quantitative estimate of drug-likeness (QED) is 0.912. The van der Waals surface area contributed by atoms with Crippen LogP contribution < -0.4 is 5.32 Å². The molecule has 1 heterocycles. The lowest BCUT2D eigenvalue weighted by molar-refractivity contribution is 0.0889. The molecule has 20 heavy (non-hydrogen) atoms. The average molecular weight is 282 g/mol. The highest BCUT2D eigenvalue weighted by Gasteiger charge is 2.29. The first-order chi connectivity index (χ1) is 9.51. The number of hydrogen-bond acceptors (Lipinski definition) is 2.